The molecule has 6 heteroatoms. The molecule has 4 rings (SSSR count). The monoisotopic (exact) mass is 380 g/mol. The van der Waals surface area contributed by atoms with Gasteiger partial charge in [-0.1, -0.05) is 12.1 Å². The van der Waals surface area contributed by atoms with E-state index in [9.17, 15) is 14.0 Å². The highest BCUT2D eigenvalue weighted by atomic mass is 19.1. The van der Waals surface area contributed by atoms with Gasteiger partial charge in [0.25, 0.3) is 11.8 Å². The van der Waals surface area contributed by atoms with Gasteiger partial charge in [0.15, 0.2) is 0 Å². The summed E-state index contributed by atoms with van der Waals surface area (Å²) in [5.41, 5.74) is 1.86. The summed E-state index contributed by atoms with van der Waals surface area (Å²) in [6.07, 6.45) is 1.97. The van der Waals surface area contributed by atoms with Crippen LogP contribution in [0.3, 0.4) is 0 Å². The Morgan fingerprint density at radius 2 is 1.57 bits per heavy atom. The van der Waals surface area contributed by atoms with Crippen molar-refractivity contribution in [3.05, 3.63) is 65.6 Å². The van der Waals surface area contributed by atoms with Gasteiger partial charge in [0.05, 0.1) is 17.9 Å². The van der Waals surface area contributed by atoms with Crippen LogP contribution in [-0.2, 0) is 9.59 Å². The average molecular weight is 380 g/mol. The highest BCUT2D eigenvalue weighted by Gasteiger charge is 2.42. The Labute approximate surface area is 163 Å². The number of rotatable bonds is 5. The van der Waals surface area contributed by atoms with Crippen LogP contribution in [0.4, 0.5) is 10.1 Å². The maximum atomic E-state index is 13.3. The minimum atomic E-state index is -0.415. The van der Waals surface area contributed by atoms with Crippen LogP contribution < -0.4 is 9.64 Å². The third-order valence-corrected chi connectivity index (χ3v) is 5.02. The summed E-state index contributed by atoms with van der Waals surface area (Å²) in [7, 11) is 0. The van der Waals surface area contributed by atoms with Crippen molar-refractivity contribution in [1.29, 1.82) is 0 Å². The number of likely N-dealkylation sites (tertiary alicyclic amines) is 1. The molecule has 0 saturated carbocycles. The Balaban J connectivity index is 1.77. The highest BCUT2D eigenvalue weighted by molar-refractivity contribution is 6.45. The van der Waals surface area contributed by atoms with E-state index in [-0.39, 0.29) is 11.8 Å². The van der Waals surface area contributed by atoms with Gasteiger partial charge in [-0.25, -0.2) is 9.29 Å². The number of amides is 2. The normalized spacial score (nSPS) is 17.1. The number of ether oxygens (including phenoxy) is 1. The molecule has 5 nitrogen and oxygen atoms in total. The molecule has 0 N–H and O–H groups in total. The molecule has 0 radical (unpaired) electrons. The zero-order valence-electron chi connectivity index (χ0n) is 15.7. The fourth-order valence-corrected chi connectivity index (χ4v) is 3.72. The molecule has 2 aliphatic rings. The summed E-state index contributed by atoms with van der Waals surface area (Å²) in [6, 6.07) is 12.6. The van der Waals surface area contributed by atoms with Crippen LogP contribution in [0.1, 0.15) is 25.3 Å². The van der Waals surface area contributed by atoms with E-state index < -0.39 is 5.82 Å². The Hall–Kier alpha value is -3.15. The van der Waals surface area contributed by atoms with E-state index in [0.717, 1.165) is 30.8 Å². The first-order valence-electron chi connectivity index (χ1n) is 9.47. The van der Waals surface area contributed by atoms with E-state index in [4.69, 9.17) is 4.74 Å². The molecular formula is C22H21FN2O3. The molecule has 0 unspecified atom stereocenters. The van der Waals surface area contributed by atoms with Gasteiger partial charge in [0.1, 0.15) is 17.3 Å². The van der Waals surface area contributed by atoms with Crippen molar-refractivity contribution in [2.75, 3.05) is 24.6 Å². The lowest BCUT2D eigenvalue weighted by molar-refractivity contribution is -0.120. The van der Waals surface area contributed by atoms with Crippen LogP contribution in [-0.4, -0.2) is 36.4 Å². The summed E-state index contributed by atoms with van der Waals surface area (Å²) in [5, 5.41) is 0. The molecule has 2 aromatic carbocycles. The van der Waals surface area contributed by atoms with E-state index >= 15 is 0 Å². The average Bonchev–Trinajstić information content (AvgIpc) is 3.30. The van der Waals surface area contributed by atoms with Gasteiger partial charge < -0.3 is 9.64 Å². The van der Waals surface area contributed by atoms with Crippen LogP contribution in [0.25, 0.3) is 5.57 Å². The van der Waals surface area contributed by atoms with Crippen molar-refractivity contribution in [3.63, 3.8) is 0 Å². The molecule has 0 spiro atoms. The minimum Gasteiger partial charge on any atom is -0.494 e. The molecule has 2 aliphatic heterocycles. The van der Waals surface area contributed by atoms with Crippen LogP contribution >= 0.6 is 0 Å². The van der Waals surface area contributed by atoms with Crippen molar-refractivity contribution in [3.8, 4) is 5.75 Å². The van der Waals surface area contributed by atoms with E-state index in [0.29, 0.717) is 34.9 Å². The van der Waals surface area contributed by atoms with Crippen LogP contribution in [0.15, 0.2) is 54.2 Å². The highest BCUT2D eigenvalue weighted by Crippen LogP contribution is 2.36. The number of benzene rings is 2. The quantitative estimate of drug-likeness (QED) is 0.744. The van der Waals surface area contributed by atoms with Gasteiger partial charge in [-0.2, -0.15) is 0 Å². The summed E-state index contributed by atoms with van der Waals surface area (Å²) >= 11 is 0. The summed E-state index contributed by atoms with van der Waals surface area (Å²) < 4.78 is 18.8. The predicted octanol–water partition coefficient (Wildman–Crippen LogP) is 3.60. The van der Waals surface area contributed by atoms with Crippen molar-refractivity contribution >= 4 is 23.1 Å². The van der Waals surface area contributed by atoms with E-state index in [1.165, 1.54) is 24.3 Å². The van der Waals surface area contributed by atoms with Crippen LogP contribution in [0.5, 0.6) is 5.75 Å². The lowest BCUT2D eigenvalue weighted by atomic mass is 10.0. The third kappa shape index (κ3) is 3.15. The molecule has 1 saturated heterocycles. The van der Waals surface area contributed by atoms with Gasteiger partial charge in [0, 0.05) is 13.1 Å². The number of nitrogens with zero attached hydrogens (tertiary/aromatic N) is 2. The van der Waals surface area contributed by atoms with Crippen molar-refractivity contribution < 1.29 is 18.7 Å². The van der Waals surface area contributed by atoms with Crippen molar-refractivity contribution in [2.24, 2.45) is 0 Å². The van der Waals surface area contributed by atoms with Gasteiger partial charge in [-0.15, -0.1) is 0 Å². The van der Waals surface area contributed by atoms with Gasteiger partial charge in [-0.3, -0.25) is 9.59 Å². The van der Waals surface area contributed by atoms with E-state index in [1.807, 2.05) is 11.8 Å². The summed E-state index contributed by atoms with van der Waals surface area (Å²) in [5.74, 6) is -0.450. The minimum absolute atomic E-state index is 0.359. The van der Waals surface area contributed by atoms with Crippen molar-refractivity contribution in [2.45, 2.75) is 19.8 Å². The molecule has 0 bridgehead atoms. The number of hydrogen-bond donors (Lipinski definition) is 0. The topological polar surface area (TPSA) is 49.9 Å². The second kappa shape index (κ2) is 7.46. The number of carbonyl (C=O) groups excluding carboxylic acids is 2. The Kier molecular flexibility index (Phi) is 4.86. The standard InChI is InChI=1S/C22H21FN2O3/c1-2-28-18-11-5-15(6-12-18)19-20(24-13-3-4-14-24)22(27)25(21(19)26)17-9-7-16(23)8-10-17/h5-12H,2-4,13-14H2,1H3. The van der Waals surface area contributed by atoms with Crippen molar-refractivity contribution in [1.82, 2.24) is 4.90 Å². The molecule has 2 heterocycles. The molecule has 1 fully saturated rings. The number of imide groups is 1. The van der Waals surface area contributed by atoms with Gasteiger partial charge in [-0.05, 0) is 61.7 Å². The zero-order chi connectivity index (χ0) is 19.7. The maximum Gasteiger partial charge on any atom is 0.282 e. The van der Waals surface area contributed by atoms with Crippen LogP contribution in [0, 0.1) is 5.82 Å². The van der Waals surface area contributed by atoms with E-state index in [1.54, 1.807) is 24.3 Å². The lowest BCUT2D eigenvalue weighted by Gasteiger charge is -2.20. The Morgan fingerprint density at radius 1 is 0.929 bits per heavy atom. The summed E-state index contributed by atoms with van der Waals surface area (Å²) in [6.45, 7) is 3.94. The molecular weight excluding hydrogens is 359 g/mol. The summed E-state index contributed by atoms with van der Waals surface area (Å²) in [4.78, 5) is 29.6. The number of halogens is 1. The number of anilines is 1. The first-order valence-corrected chi connectivity index (χ1v) is 9.47. The molecule has 0 aromatic heterocycles. The fraction of sp³-hybridized carbons (Fsp3) is 0.273. The number of hydrogen-bond acceptors (Lipinski definition) is 4. The second-order valence-electron chi connectivity index (χ2n) is 6.80. The van der Waals surface area contributed by atoms with Gasteiger partial charge in [0.2, 0.25) is 0 Å². The Bertz CT molecular complexity index is 929. The van der Waals surface area contributed by atoms with E-state index in [2.05, 4.69) is 0 Å². The largest absolute Gasteiger partial charge is 0.494 e. The maximum absolute atomic E-state index is 13.3. The first-order chi connectivity index (χ1) is 13.6. The predicted molar refractivity (Wildman–Crippen MR) is 104 cm³/mol. The third-order valence-electron chi connectivity index (χ3n) is 5.02. The molecule has 2 aromatic rings. The second-order valence-corrected chi connectivity index (χ2v) is 6.80. The lowest BCUT2D eigenvalue weighted by Crippen LogP contribution is -2.34. The molecule has 2 amide bonds. The molecule has 144 valence electrons. The first kappa shape index (κ1) is 18.2. The van der Waals surface area contributed by atoms with Crippen LogP contribution in [0.2, 0.25) is 0 Å². The fourth-order valence-electron chi connectivity index (χ4n) is 3.72. The molecule has 0 aliphatic carbocycles. The SMILES string of the molecule is CCOc1ccc(C2=C(N3CCCC3)C(=O)N(c3ccc(F)cc3)C2=O)cc1. The molecule has 28 heavy (non-hydrogen) atoms. The molecule has 0 atom stereocenters. The smallest absolute Gasteiger partial charge is 0.282 e. The number of carbonyl (C=O) groups is 2. The Morgan fingerprint density at radius 3 is 2.18 bits per heavy atom. The van der Waals surface area contributed by atoms with Gasteiger partial charge >= 0.3 is 0 Å². The zero-order valence-corrected chi connectivity index (χ0v) is 15.7.